The maximum atomic E-state index is 5.35. The van der Waals surface area contributed by atoms with Gasteiger partial charge in [0.1, 0.15) is 0 Å². The van der Waals surface area contributed by atoms with Gasteiger partial charge in [-0.3, -0.25) is 0 Å². The summed E-state index contributed by atoms with van der Waals surface area (Å²) in [4.78, 5) is 0. The first-order valence-electron chi connectivity index (χ1n) is 6.92. The molecule has 0 saturated heterocycles. The summed E-state index contributed by atoms with van der Waals surface area (Å²) >= 11 is 5.35. The van der Waals surface area contributed by atoms with Crippen LogP contribution in [0.3, 0.4) is 0 Å². The lowest BCUT2D eigenvalue weighted by molar-refractivity contribution is 0.195. The van der Waals surface area contributed by atoms with Crippen LogP contribution < -0.4 is 10.6 Å². The third-order valence-electron chi connectivity index (χ3n) is 3.49. The summed E-state index contributed by atoms with van der Waals surface area (Å²) in [5.41, 5.74) is 2.85. The van der Waals surface area contributed by atoms with Gasteiger partial charge in [0.15, 0.2) is 5.11 Å². The second kappa shape index (κ2) is 7.46. The Bertz CT molecular complexity index is 422. The third kappa shape index (κ3) is 4.18. The van der Waals surface area contributed by atoms with Gasteiger partial charge in [0.2, 0.25) is 0 Å². The molecule has 0 spiro atoms. The van der Waals surface area contributed by atoms with Crippen LogP contribution in [-0.4, -0.2) is 25.4 Å². The van der Waals surface area contributed by atoms with Gasteiger partial charge in [-0.1, -0.05) is 24.3 Å². The van der Waals surface area contributed by atoms with Crippen molar-refractivity contribution < 1.29 is 4.74 Å². The number of fused-ring (bicyclic) bond motifs is 1. The van der Waals surface area contributed by atoms with Crippen molar-refractivity contribution in [1.82, 2.24) is 10.6 Å². The van der Waals surface area contributed by atoms with Crippen LogP contribution in [0.4, 0.5) is 0 Å². The molecule has 1 aromatic carbocycles. The van der Waals surface area contributed by atoms with E-state index in [0.29, 0.717) is 6.04 Å². The maximum Gasteiger partial charge on any atom is 0.166 e. The van der Waals surface area contributed by atoms with Crippen molar-refractivity contribution in [2.75, 3.05) is 20.3 Å². The standard InChI is InChI=1S/C15H22N2OS/c1-18-11-5-10-16-15(19)17-14-9-4-7-12-6-2-3-8-13(12)14/h2-3,6,8,14H,4-5,7,9-11H2,1H3,(H2,16,17,19)/t14-/m1/s1. The number of aryl methyl sites for hydroxylation is 1. The fraction of sp³-hybridized carbons (Fsp3) is 0.533. The van der Waals surface area contributed by atoms with Gasteiger partial charge in [-0.05, 0) is 49.0 Å². The van der Waals surface area contributed by atoms with E-state index in [1.54, 1.807) is 7.11 Å². The lowest BCUT2D eigenvalue weighted by atomic mass is 9.88. The zero-order valence-corrected chi connectivity index (χ0v) is 12.3. The zero-order valence-electron chi connectivity index (χ0n) is 11.4. The van der Waals surface area contributed by atoms with E-state index in [0.717, 1.165) is 31.1 Å². The average Bonchev–Trinajstić information content (AvgIpc) is 2.44. The first kappa shape index (κ1) is 14.3. The molecule has 0 aliphatic heterocycles. The molecule has 0 amide bonds. The monoisotopic (exact) mass is 278 g/mol. The summed E-state index contributed by atoms with van der Waals surface area (Å²) < 4.78 is 5.02. The van der Waals surface area contributed by atoms with E-state index in [1.807, 2.05) is 0 Å². The van der Waals surface area contributed by atoms with E-state index >= 15 is 0 Å². The number of thiocarbonyl (C=S) groups is 1. The SMILES string of the molecule is COCCCNC(=S)N[C@@H]1CCCc2ccccc21. The summed E-state index contributed by atoms with van der Waals surface area (Å²) in [6, 6.07) is 9.00. The topological polar surface area (TPSA) is 33.3 Å². The molecule has 1 aromatic rings. The van der Waals surface area contributed by atoms with Gasteiger partial charge in [0.05, 0.1) is 6.04 Å². The number of methoxy groups -OCH3 is 1. The van der Waals surface area contributed by atoms with Gasteiger partial charge in [-0.2, -0.15) is 0 Å². The fourth-order valence-corrected chi connectivity index (χ4v) is 2.78. The van der Waals surface area contributed by atoms with Gasteiger partial charge in [-0.25, -0.2) is 0 Å². The Morgan fingerprint density at radius 2 is 2.26 bits per heavy atom. The molecule has 0 aromatic heterocycles. The van der Waals surface area contributed by atoms with E-state index in [2.05, 4.69) is 34.9 Å². The van der Waals surface area contributed by atoms with Gasteiger partial charge >= 0.3 is 0 Å². The molecule has 1 atom stereocenters. The van der Waals surface area contributed by atoms with Gasteiger partial charge in [0, 0.05) is 20.3 Å². The summed E-state index contributed by atoms with van der Waals surface area (Å²) in [6.07, 6.45) is 4.53. The van der Waals surface area contributed by atoms with E-state index in [-0.39, 0.29) is 0 Å². The molecule has 2 N–H and O–H groups in total. The molecule has 0 radical (unpaired) electrons. The van der Waals surface area contributed by atoms with Crippen molar-refractivity contribution >= 4 is 17.3 Å². The minimum atomic E-state index is 0.354. The van der Waals surface area contributed by atoms with Crippen molar-refractivity contribution in [2.24, 2.45) is 0 Å². The van der Waals surface area contributed by atoms with Crippen LogP contribution in [0.15, 0.2) is 24.3 Å². The Labute approximate surface area is 120 Å². The van der Waals surface area contributed by atoms with E-state index in [9.17, 15) is 0 Å². The third-order valence-corrected chi connectivity index (χ3v) is 3.75. The van der Waals surface area contributed by atoms with Crippen LogP contribution in [0, 0.1) is 0 Å². The lowest BCUT2D eigenvalue weighted by Crippen LogP contribution is -2.39. The van der Waals surface area contributed by atoms with E-state index < -0.39 is 0 Å². The molecular weight excluding hydrogens is 256 g/mol. The Morgan fingerprint density at radius 1 is 1.42 bits per heavy atom. The molecule has 19 heavy (non-hydrogen) atoms. The first-order valence-corrected chi connectivity index (χ1v) is 7.33. The fourth-order valence-electron chi connectivity index (χ4n) is 2.53. The molecule has 0 bridgehead atoms. The number of benzene rings is 1. The van der Waals surface area contributed by atoms with Crippen LogP contribution in [0.2, 0.25) is 0 Å². The van der Waals surface area contributed by atoms with Crippen LogP contribution in [0.5, 0.6) is 0 Å². The molecule has 4 heteroatoms. The Morgan fingerprint density at radius 3 is 3.11 bits per heavy atom. The molecule has 3 nitrogen and oxygen atoms in total. The molecule has 1 aliphatic rings. The molecule has 104 valence electrons. The minimum Gasteiger partial charge on any atom is -0.385 e. The molecule has 2 rings (SSSR count). The zero-order chi connectivity index (χ0) is 13.5. The van der Waals surface area contributed by atoms with Crippen molar-refractivity contribution in [3.05, 3.63) is 35.4 Å². The predicted molar refractivity (Wildman–Crippen MR) is 82.4 cm³/mol. The number of hydrogen-bond acceptors (Lipinski definition) is 2. The van der Waals surface area contributed by atoms with Gasteiger partial charge in [0.25, 0.3) is 0 Å². The second-order valence-corrected chi connectivity index (χ2v) is 5.30. The quantitative estimate of drug-likeness (QED) is 0.641. The number of ether oxygens (including phenoxy) is 1. The second-order valence-electron chi connectivity index (χ2n) is 4.89. The summed E-state index contributed by atoms with van der Waals surface area (Å²) in [6.45, 7) is 1.62. The molecule has 0 heterocycles. The van der Waals surface area contributed by atoms with Gasteiger partial charge < -0.3 is 15.4 Å². The smallest absolute Gasteiger partial charge is 0.166 e. The first-order chi connectivity index (χ1) is 9.31. The highest BCUT2D eigenvalue weighted by Gasteiger charge is 2.19. The molecule has 1 aliphatic carbocycles. The molecule has 0 unspecified atom stereocenters. The van der Waals surface area contributed by atoms with E-state index in [1.165, 1.54) is 24.0 Å². The molecular formula is C15H22N2OS. The van der Waals surface area contributed by atoms with Crippen LogP contribution in [0.25, 0.3) is 0 Å². The van der Waals surface area contributed by atoms with Gasteiger partial charge in [-0.15, -0.1) is 0 Å². The maximum absolute atomic E-state index is 5.35. The van der Waals surface area contributed by atoms with Crippen LogP contribution >= 0.6 is 12.2 Å². The average molecular weight is 278 g/mol. The predicted octanol–water partition coefficient (Wildman–Crippen LogP) is 2.56. The van der Waals surface area contributed by atoms with Crippen molar-refractivity contribution in [3.63, 3.8) is 0 Å². The minimum absolute atomic E-state index is 0.354. The van der Waals surface area contributed by atoms with E-state index in [4.69, 9.17) is 17.0 Å². The lowest BCUT2D eigenvalue weighted by Gasteiger charge is -2.27. The summed E-state index contributed by atoms with van der Waals surface area (Å²) in [5.74, 6) is 0. The Kier molecular flexibility index (Phi) is 5.61. The largest absolute Gasteiger partial charge is 0.385 e. The molecule has 0 fully saturated rings. The highest BCUT2D eigenvalue weighted by Crippen LogP contribution is 2.29. The number of rotatable bonds is 5. The normalized spacial score (nSPS) is 17.6. The van der Waals surface area contributed by atoms with Crippen molar-refractivity contribution in [1.29, 1.82) is 0 Å². The summed E-state index contributed by atoms with van der Waals surface area (Å²) in [7, 11) is 1.72. The highest BCUT2D eigenvalue weighted by molar-refractivity contribution is 7.80. The summed E-state index contributed by atoms with van der Waals surface area (Å²) in [5, 5.41) is 7.42. The van der Waals surface area contributed by atoms with Crippen LogP contribution in [0.1, 0.15) is 36.4 Å². The van der Waals surface area contributed by atoms with Crippen LogP contribution in [-0.2, 0) is 11.2 Å². The molecule has 0 saturated carbocycles. The Hall–Kier alpha value is -1.13. The highest BCUT2D eigenvalue weighted by atomic mass is 32.1. The Balaban J connectivity index is 1.85. The van der Waals surface area contributed by atoms with Crippen molar-refractivity contribution in [3.8, 4) is 0 Å². The number of hydrogen-bond donors (Lipinski definition) is 2. The number of nitrogens with one attached hydrogen (secondary N) is 2. The van der Waals surface area contributed by atoms with Crippen molar-refractivity contribution in [2.45, 2.75) is 31.7 Å².